The first-order valence-electron chi connectivity index (χ1n) is 6.16. The number of nitrogens with zero attached hydrogens (tertiary/aromatic N) is 2. The van der Waals surface area contributed by atoms with Crippen LogP contribution in [0.1, 0.15) is 23.6 Å². The second-order valence-electron chi connectivity index (χ2n) is 4.15. The number of hydrogen-bond acceptors (Lipinski definition) is 3. The van der Waals surface area contributed by atoms with Gasteiger partial charge < -0.3 is 5.73 Å². The first kappa shape index (κ1) is 12.8. The van der Waals surface area contributed by atoms with Gasteiger partial charge in [-0.15, -0.1) is 0 Å². The Morgan fingerprint density at radius 2 is 2.05 bits per heavy atom. The van der Waals surface area contributed by atoms with Crippen LogP contribution in [0.4, 0.5) is 0 Å². The smallest absolute Gasteiger partial charge is 0.102 e. The van der Waals surface area contributed by atoms with E-state index in [0.717, 1.165) is 23.1 Å². The molecule has 94 valence electrons. The Balaban J connectivity index is 2.59. The number of allylic oxidation sites excluding steroid dienone is 1. The van der Waals surface area contributed by atoms with Crippen molar-refractivity contribution in [3.8, 4) is 6.07 Å². The van der Waals surface area contributed by atoms with Crippen molar-refractivity contribution in [1.29, 1.82) is 5.26 Å². The highest BCUT2D eigenvalue weighted by molar-refractivity contribution is 5.96. The molecule has 1 heterocycles. The van der Waals surface area contributed by atoms with E-state index >= 15 is 0 Å². The van der Waals surface area contributed by atoms with Crippen LogP contribution in [0.3, 0.4) is 0 Å². The van der Waals surface area contributed by atoms with E-state index in [0.29, 0.717) is 11.3 Å². The molecule has 1 aromatic heterocycles. The van der Waals surface area contributed by atoms with Gasteiger partial charge in [-0.2, -0.15) is 5.26 Å². The number of hydrogen-bond donors (Lipinski definition) is 1. The van der Waals surface area contributed by atoms with Gasteiger partial charge in [0.25, 0.3) is 0 Å². The highest BCUT2D eigenvalue weighted by atomic mass is 14.6. The molecule has 0 saturated carbocycles. The van der Waals surface area contributed by atoms with Gasteiger partial charge in [0.2, 0.25) is 0 Å². The lowest BCUT2D eigenvalue weighted by molar-refractivity contribution is 1.13. The van der Waals surface area contributed by atoms with Gasteiger partial charge in [0, 0.05) is 23.5 Å². The maximum absolute atomic E-state index is 9.36. The summed E-state index contributed by atoms with van der Waals surface area (Å²) in [7, 11) is 0. The molecule has 1 aromatic carbocycles. The highest BCUT2D eigenvalue weighted by Crippen LogP contribution is 2.24. The van der Waals surface area contributed by atoms with E-state index in [1.807, 2.05) is 30.3 Å². The van der Waals surface area contributed by atoms with Gasteiger partial charge in [-0.1, -0.05) is 37.3 Å². The average Bonchev–Trinajstić information content (AvgIpc) is 2.49. The molecular formula is C16H15N3. The largest absolute Gasteiger partial charge is 0.397 e. The van der Waals surface area contributed by atoms with Gasteiger partial charge in [-0.3, -0.25) is 4.98 Å². The van der Waals surface area contributed by atoms with Crippen LogP contribution in [0.15, 0.2) is 48.8 Å². The minimum absolute atomic E-state index is 0.467. The van der Waals surface area contributed by atoms with E-state index < -0.39 is 0 Å². The number of nitrogens with two attached hydrogens (primary N) is 1. The van der Waals surface area contributed by atoms with Crippen LogP contribution in [0.25, 0.3) is 11.3 Å². The summed E-state index contributed by atoms with van der Waals surface area (Å²) in [5.41, 5.74) is 9.96. The molecule has 3 heteroatoms. The van der Waals surface area contributed by atoms with Crippen molar-refractivity contribution in [2.24, 2.45) is 5.73 Å². The quantitative estimate of drug-likeness (QED) is 0.850. The van der Waals surface area contributed by atoms with Crippen molar-refractivity contribution in [2.75, 3.05) is 0 Å². The monoisotopic (exact) mass is 249 g/mol. The topological polar surface area (TPSA) is 62.7 Å². The van der Waals surface area contributed by atoms with Crippen molar-refractivity contribution in [3.05, 3.63) is 65.5 Å². The lowest BCUT2D eigenvalue weighted by atomic mass is 9.97. The van der Waals surface area contributed by atoms with Crippen LogP contribution in [0.5, 0.6) is 0 Å². The van der Waals surface area contributed by atoms with Gasteiger partial charge in [-0.05, 0) is 18.1 Å². The minimum Gasteiger partial charge on any atom is -0.397 e. The predicted octanol–water partition coefficient (Wildman–Crippen LogP) is 2.99. The van der Waals surface area contributed by atoms with Gasteiger partial charge in [-0.25, -0.2) is 0 Å². The van der Waals surface area contributed by atoms with Crippen LogP contribution < -0.4 is 5.73 Å². The SMILES string of the molecule is CCc1ccccc1/C(N)=C(/C#N)c1cccnc1. The van der Waals surface area contributed by atoms with E-state index in [2.05, 4.69) is 18.0 Å². The second-order valence-corrected chi connectivity index (χ2v) is 4.15. The summed E-state index contributed by atoms with van der Waals surface area (Å²) in [6.45, 7) is 2.07. The third-order valence-corrected chi connectivity index (χ3v) is 3.02. The summed E-state index contributed by atoms with van der Waals surface area (Å²) in [6.07, 6.45) is 4.21. The fraction of sp³-hybridized carbons (Fsp3) is 0.125. The van der Waals surface area contributed by atoms with Crippen LogP contribution >= 0.6 is 0 Å². The Kier molecular flexibility index (Phi) is 3.94. The van der Waals surface area contributed by atoms with E-state index in [4.69, 9.17) is 5.73 Å². The van der Waals surface area contributed by atoms with Crippen molar-refractivity contribution < 1.29 is 0 Å². The minimum atomic E-state index is 0.467. The summed E-state index contributed by atoms with van der Waals surface area (Å²) in [5, 5.41) is 9.36. The molecule has 0 amide bonds. The Hall–Kier alpha value is -2.60. The zero-order valence-corrected chi connectivity index (χ0v) is 10.8. The fourth-order valence-electron chi connectivity index (χ4n) is 2.02. The Labute approximate surface area is 113 Å². The van der Waals surface area contributed by atoms with Crippen LogP contribution in [0, 0.1) is 11.3 Å². The number of rotatable bonds is 3. The molecule has 0 aliphatic rings. The third-order valence-electron chi connectivity index (χ3n) is 3.02. The molecule has 0 fully saturated rings. The molecule has 0 spiro atoms. The van der Waals surface area contributed by atoms with Crippen molar-refractivity contribution >= 4 is 11.3 Å². The molecule has 0 unspecified atom stereocenters. The molecule has 2 rings (SSSR count). The average molecular weight is 249 g/mol. The molecule has 0 aliphatic carbocycles. The lowest BCUT2D eigenvalue weighted by Gasteiger charge is -2.10. The second kappa shape index (κ2) is 5.83. The zero-order chi connectivity index (χ0) is 13.7. The molecule has 2 aromatic rings. The Bertz CT molecular complexity index is 637. The summed E-state index contributed by atoms with van der Waals surface area (Å²) >= 11 is 0. The van der Waals surface area contributed by atoms with Crippen molar-refractivity contribution in [3.63, 3.8) is 0 Å². The standard InChI is InChI=1S/C16H15N3/c1-2-12-6-3-4-8-14(12)16(18)15(10-17)13-7-5-9-19-11-13/h3-9,11H,2,18H2,1H3/b16-15+. The van der Waals surface area contributed by atoms with E-state index in [-0.39, 0.29) is 0 Å². The summed E-state index contributed by atoms with van der Waals surface area (Å²) in [4.78, 5) is 4.03. The number of aryl methyl sites for hydroxylation is 1. The Morgan fingerprint density at radius 3 is 2.68 bits per heavy atom. The summed E-state index contributed by atoms with van der Waals surface area (Å²) in [5.74, 6) is 0. The predicted molar refractivity (Wildman–Crippen MR) is 76.7 cm³/mol. The van der Waals surface area contributed by atoms with Gasteiger partial charge in [0.15, 0.2) is 0 Å². The molecule has 0 bridgehead atoms. The molecular weight excluding hydrogens is 234 g/mol. The first-order chi connectivity index (χ1) is 9.27. The molecule has 0 atom stereocenters. The number of pyridine rings is 1. The zero-order valence-electron chi connectivity index (χ0n) is 10.8. The van der Waals surface area contributed by atoms with Crippen LogP contribution in [-0.2, 0) is 6.42 Å². The van der Waals surface area contributed by atoms with E-state index in [1.165, 1.54) is 0 Å². The number of benzene rings is 1. The molecule has 2 N–H and O–H groups in total. The number of nitriles is 1. The molecule has 19 heavy (non-hydrogen) atoms. The molecule has 0 radical (unpaired) electrons. The summed E-state index contributed by atoms with van der Waals surface area (Å²) < 4.78 is 0. The van der Waals surface area contributed by atoms with Gasteiger partial charge >= 0.3 is 0 Å². The molecule has 0 aliphatic heterocycles. The molecule has 3 nitrogen and oxygen atoms in total. The fourth-order valence-corrected chi connectivity index (χ4v) is 2.02. The number of aromatic nitrogens is 1. The van der Waals surface area contributed by atoms with Gasteiger partial charge in [0.05, 0.1) is 11.3 Å². The summed E-state index contributed by atoms with van der Waals surface area (Å²) in [6, 6.07) is 13.7. The Morgan fingerprint density at radius 1 is 1.26 bits per heavy atom. The van der Waals surface area contributed by atoms with Crippen molar-refractivity contribution in [2.45, 2.75) is 13.3 Å². The van der Waals surface area contributed by atoms with Gasteiger partial charge in [0.1, 0.15) is 6.07 Å². The molecule has 0 saturated heterocycles. The van der Waals surface area contributed by atoms with Crippen LogP contribution in [0.2, 0.25) is 0 Å². The maximum Gasteiger partial charge on any atom is 0.102 e. The third kappa shape index (κ3) is 2.63. The normalized spacial score (nSPS) is 11.6. The first-order valence-corrected chi connectivity index (χ1v) is 6.16. The lowest BCUT2D eigenvalue weighted by Crippen LogP contribution is -2.04. The van der Waals surface area contributed by atoms with E-state index in [9.17, 15) is 5.26 Å². The highest BCUT2D eigenvalue weighted by Gasteiger charge is 2.10. The van der Waals surface area contributed by atoms with E-state index in [1.54, 1.807) is 18.5 Å². The van der Waals surface area contributed by atoms with Crippen LogP contribution in [-0.4, -0.2) is 4.98 Å². The maximum atomic E-state index is 9.36. The van der Waals surface area contributed by atoms with Crippen molar-refractivity contribution in [1.82, 2.24) is 4.98 Å².